The lowest BCUT2D eigenvalue weighted by Gasteiger charge is -2.18. The molecule has 0 radical (unpaired) electrons. The topological polar surface area (TPSA) is 57.5 Å². The van der Waals surface area contributed by atoms with Gasteiger partial charge in [0.05, 0.1) is 0 Å². The second-order valence-corrected chi connectivity index (χ2v) is 7.24. The van der Waals surface area contributed by atoms with Gasteiger partial charge < -0.3 is 15.0 Å². The molecular weight excluding hydrogens is 288 g/mol. The number of hydrogen-bond acceptors (Lipinski definition) is 3. The second kappa shape index (κ2) is 8.95. The molecule has 130 valence electrons. The van der Waals surface area contributed by atoms with Gasteiger partial charge in [-0.2, -0.15) is 0 Å². The predicted octanol–water partition coefficient (Wildman–Crippen LogP) is 4.85. The van der Waals surface area contributed by atoms with Crippen molar-refractivity contribution < 1.29 is 15.0 Å². The highest BCUT2D eigenvalue weighted by molar-refractivity contribution is 5.65. The van der Waals surface area contributed by atoms with Crippen LogP contribution in [0.3, 0.4) is 0 Å². The Kier molecular flexibility index (Phi) is 7.60. The van der Waals surface area contributed by atoms with E-state index in [1.54, 1.807) is 0 Å². The van der Waals surface area contributed by atoms with E-state index in [-0.39, 0.29) is 17.9 Å². The number of hydrogen-bond donors (Lipinski definition) is 2. The summed E-state index contributed by atoms with van der Waals surface area (Å²) in [6.45, 7) is 10.4. The fourth-order valence-electron chi connectivity index (χ4n) is 3.08. The highest BCUT2D eigenvalue weighted by Gasteiger charge is 2.19. The molecule has 2 N–H and O–H groups in total. The number of aromatic hydroxyl groups is 2. The minimum atomic E-state index is 0.104. The molecule has 1 rings (SSSR count). The summed E-state index contributed by atoms with van der Waals surface area (Å²) in [7, 11) is 0. The fourth-order valence-corrected chi connectivity index (χ4v) is 3.08. The summed E-state index contributed by atoms with van der Waals surface area (Å²) in [5.41, 5.74) is 2.82. The maximum atomic E-state index is 10.9. The zero-order chi connectivity index (χ0) is 17.6. The summed E-state index contributed by atoms with van der Waals surface area (Å²) in [6, 6.07) is 0. The van der Waals surface area contributed by atoms with Gasteiger partial charge in [-0.15, -0.1) is 0 Å². The third-order valence-electron chi connectivity index (χ3n) is 4.88. The van der Waals surface area contributed by atoms with Crippen molar-refractivity contribution in [2.24, 2.45) is 11.8 Å². The SMILES string of the molecule is Cc1c(C)c(CC=O)c(O)c(CCC(C)CCCC(C)C)c1O. The van der Waals surface area contributed by atoms with E-state index < -0.39 is 0 Å². The normalized spacial score (nSPS) is 12.6. The smallest absolute Gasteiger partial charge is 0.126 e. The van der Waals surface area contributed by atoms with Crippen LogP contribution in [-0.4, -0.2) is 16.5 Å². The Morgan fingerprint density at radius 3 is 2.13 bits per heavy atom. The van der Waals surface area contributed by atoms with Gasteiger partial charge in [0.1, 0.15) is 17.8 Å². The molecule has 0 aliphatic heterocycles. The van der Waals surface area contributed by atoms with Crippen molar-refractivity contribution in [2.45, 2.75) is 73.1 Å². The monoisotopic (exact) mass is 320 g/mol. The lowest BCUT2D eigenvalue weighted by atomic mass is 9.89. The van der Waals surface area contributed by atoms with Crippen LogP contribution in [0.15, 0.2) is 0 Å². The molecule has 1 aromatic rings. The minimum Gasteiger partial charge on any atom is -0.507 e. The quantitative estimate of drug-likeness (QED) is 0.639. The third kappa shape index (κ3) is 5.26. The van der Waals surface area contributed by atoms with Gasteiger partial charge in [0.15, 0.2) is 0 Å². The molecule has 0 fully saturated rings. The molecule has 0 saturated carbocycles. The van der Waals surface area contributed by atoms with Gasteiger partial charge in [0, 0.05) is 17.5 Å². The summed E-state index contributed by atoms with van der Waals surface area (Å²) in [6.07, 6.45) is 6.21. The van der Waals surface area contributed by atoms with Crippen LogP contribution >= 0.6 is 0 Å². The Hall–Kier alpha value is -1.51. The Labute approximate surface area is 140 Å². The van der Waals surface area contributed by atoms with E-state index in [4.69, 9.17) is 0 Å². The van der Waals surface area contributed by atoms with E-state index >= 15 is 0 Å². The first kappa shape index (κ1) is 19.5. The van der Waals surface area contributed by atoms with Crippen LogP contribution in [0.4, 0.5) is 0 Å². The number of carbonyl (C=O) groups excluding carboxylic acids is 1. The summed E-state index contributed by atoms with van der Waals surface area (Å²) in [5.74, 6) is 1.58. The molecular formula is C20H32O3. The van der Waals surface area contributed by atoms with E-state index in [1.807, 2.05) is 13.8 Å². The number of benzene rings is 1. The van der Waals surface area contributed by atoms with Crippen LogP contribution < -0.4 is 0 Å². The molecule has 1 aromatic carbocycles. The van der Waals surface area contributed by atoms with Crippen molar-refractivity contribution in [1.82, 2.24) is 0 Å². The average molecular weight is 320 g/mol. The largest absolute Gasteiger partial charge is 0.507 e. The maximum Gasteiger partial charge on any atom is 0.126 e. The standard InChI is InChI=1S/C20H32O3/c1-13(2)7-6-8-14(3)9-10-18-19(22)16(5)15(4)17(11-12-21)20(18)23/h12-14,22-23H,6-11H2,1-5H3. The molecule has 0 bridgehead atoms. The van der Waals surface area contributed by atoms with Gasteiger partial charge in [-0.1, -0.05) is 40.0 Å². The van der Waals surface area contributed by atoms with E-state index in [1.165, 1.54) is 19.3 Å². The summed E-state index contributed by atoms with van der Waals surface area (Å²) >= 11 is 0. The highest BCUT2D eigenvalue weighted by Crippen LogP contribution is 2.38. The Balaban J connectivity index is 2.82. The molecule has 0 spiro atoms. The van der Waals surface area contributed by atoms with Gasteiger partial charge in [-0.25, -0.2) is 0 Å². The van der Waals surface area contributed by atoms with Crippen LogP contribution in [0, 0.1) is 25.7 Å². The first-order valence-electron chi connectivity index (χ1n) is 8.76. The molecule has 0 amide bonds. The maximum absolute atomic E-state index is 10.9. The number of aldehydes is 1. The van der Waals surface area contributed by atoms with Crippen LogP contribution in [-0.2, 0) is 17.6 Å². The van der Waals surface area contributed by atoms with Crippen molar-refractivity contribution >= 4 is 6.29 Å². The summed E-state index contributed by atoms with van der Waals surface area (Å²) in [5, 5.41) is 20.8. The van der Waals surface area contributed by atoms with Gasteiger partial charge in [0.2, 0.25) is 0 Å². The predicted molar refractivity (Wildman–Crippen MR) is 95.2 cm³/mol. The van der Waals surface area contributed by atoms with Crippen LogP contribution in [0.5, 0.6) is 11.5 Å². The van der Waals surface area contributed by atoms with Crippen molar-refractivity contribution in [3.8, 4) is 11.5 Å². The molecule has 0 aromatic heterocycles. The van der Waals surface area contributed by atoms with E-state index in [0.29, 0.717) is 23.5 Å². The molecule has 0 aliphatic carbocycles. The minimum absolute atomic E-state index is 0.104. The van der Waals surface area contributed by atoms with Crippen LogP contribution in [0.2, 0.25) is 0 Å². The molecule has 23 heavy (non-hydrogen) atoms. The average Bonchev–Trinajstić information content (AvgIpc) is 2.49. The van der Waals surface area contributed by atoms with Crippen LogP contribution in [0.1, 0.15) is 68.7 Å². The Morgan fingerprint density at radius 1 is 0.913 bits per heavy atom. The Bertz CT molecular complexity index is 532. The molecule has 1 unspecified atom stereocenters. The highest BCUT2D eigenvalue weighted by atomic mass is 16.3. The number of rotatable bonds is 9. The number of phenolic OH excluding ortho intramolecular Hbond substituents is 2. The zero-order valence-electron chi connectivity index (χ0n) is 15.3. The molecule has 0 aliphatic rings. The Morgan fingerprint density at radius 2 is 1.57 bits per heavy atom. The van der Waals surface area contributed by atoms with E-state index in [0.717, 1.165) is 29.8 Å². The summed E-state index contributed by atoms with van der Waals surface area (Å²) in [4.78, 5) is 10.9. The molecule has 3 nitrogen and oxygen atoms in total. The lowest BCUT2D eigenvalue weighted by molar-refractivity contribution is -0.107. The molecule has 3 heteroatoms. The molecule has 0 saturated heterocycles. The van der Waals surface area contributed by atoms with Gasteiger partial charge >= 0.3 is 0 Å². The van der Waals surface area contributed by atoms with Gasteiger partial charge in [0.25, 0.3) is 0 Å². The van der Waals surface area contributed by atoms with Crippen molar-refractivity contribution in [2.75, 3.05) is 0 Å². The number of phenols is 2. The van der Waals surface area contributed by atoms with E-state index in [9.17, 15) is 15.0 Å². The van der Waals surface area contributed by atoms with E-state index in [2.05, 4.69) is 20.8 Å². The van der Waals surface area contributed by atoms with Crippen LogP contribution in [0.25, 0.3) is 0 Å². The van der Waals surface area contributed by atoms with Gasteiger partial charge in [-0.3, -0.25) is 0 Å². The lowest BCUT2D eigenvalue weighted by Crippen LogP contribution is -2.03. The summed E-state index contributed by atoms with van der Waals surface area (Å²) < 4.78 is 0. The first-order chi connectivity index (χ1) is 10.8. The first-order valence-corrected chi connectivity index (χ1v) is 8.76. The molecule has 1 atom stereocenters. The second-order valence-electron chi connectivity index (χ2n) is 7.24. The zero-order valence-corrected chi connectivity index (χ0v) is 15.3. The van der Waals surface area contributed by atoms with Crippen molar-refractivity contribution in [3.63, 3.8) is 0 Å². The van der Waals surface area contributed by atoms with Gasteiger partial charge in [-0.05, 0) is 49.7 Å². The van der Waals surface area contributed by atoms with Crippen molar-refractivity contribution in [1.29, 1.82) is 0 Å². The molecule has 0 heterocycles. The fraction of sp³-hybridized carbons (Fsp3) is 0.650. The third-order valence-corrected chi connectivity index (χ3v) is 4.88. The van der Waals surface area contributed by atoms with Crippen molar-refractivity contribution in [3.05, 3.63) is 22.3 Å². The number of carbonyl (C=O) groups is 1.